The minimum atomic E-state index is 0.844. The molecule has 0 bridgehead atoms. The number of hydrazone groups is 1. The van der Waals surface area contributed by atoms with Gasteiger partial charge in [0, 0.05) is 37.7 Å². The summed E-state index contributed by atoms with van der Waals surface area (Å²) >= 11 is 6.24. The van der Waals surface area contributed by atoms with E-state index in [-0.39, 0.29) is 0 Å². The first kappa shape index (κ1) is 16.8. The molecule has 0 amide bonds. The maximum absolute atomic E-state index is 6.24. The van der Waals surface area contributed by atoms with Crippen molar-refractivity contribution in [1.82, 2.24) is 9.91 Å². The van der Waals surface area contributed by atoms with E-state index in [1.807, 2.05) is 49.5 Å². The van der Waals surface area contributed by atoms with Crippen LogP contribution in [0.15, 0.2) is 57.8 Å². The highest BCUT2D eigenvalue weighted by atomic mass is 35.5. The molecular weight excluding hydrogens is 322 g/mol. The van der Waals surface area contributed by atoms with Gasteiger partial charge in [-0.1, -0.05) is 29.8 Å². The second-order valence-electron chi connectivity index (χ2n) is 5.97. The van der Waals surface area contributed by atoms with Gasteiger partial charge in [0.05, 0.1) is 12.5 Å². The van der Waals surface area contributed by atoms with E-state index >= 15 is 0 Å². The summed E-state index contributed by atoms with van der Waals surface area (Å²) in [5, 5.41) is 7.53. The summed E-state index contributed by atoms with van der Waals surface area (Å²) in [6.07, 6.45) is 5.55. The van der Waals surface area contributed by atoms with Gasteiger partial charge < -0.3 is 4.42 Å². The molecule has 5 heteroatoms. The molecule has 1 aromatic carbocycles. The molecule has 126 valence electrons. The molecule has 2 aromatic rings. The van der Waals surface area contributed by atoms with Crippen molar-refractivity contribution >= 4 is 23.9 Å². The molecule has 0 N–H and O–H groups in total. The minimum Gasteiger partial charge on any atom is -0.465 e. The van der Waals surface area contributed by atoms with Crippen molar-refractivity contribution in [2.45, 2.75) is 13.5 Å². The van der Waals surface area contributed by atoms with E-state index in [4.69, 9.17) is 16.0 Å². The highest BCUT2D eigenvalue weighted by molar-refractivity contribution is 6.31. The molecule has 24 heavy (non-hydrogen) atoms. The standard InChI is InChI=1S/C19H22ClN3O/c1-16(13-18-6-4-12-24-18)14-21-23-10-8-22(9-11-23)15-17-5-2-3-7-19(17)20/h2-7,12-14H,8-11,15H2,1H3. The Bertz CT molecular complexity index is 701. The molecule has 1 aliphatic rings. The van der Waals surface area contributed by atoms with Crippen LogP contribution in [0.1, 0.15) is 18.2 Å². The van der Waals surface area contributed by atoms with Gasteiger partial charge >= 0.3 is 0 Å². The molecule has 0 radical (unpaired) electrons. The van der Waals surface area contributed by atoms with Crippen molar-refractivity contribution in [2.75, 3.05) is 26.2 Å². The predicted octanol–water partition coefficient (Wildman–Crippen LogP) is 4.14. The van der Waals surface area contributed by atoms with E-state index in [1.54, 1.807) is 6.26 Å². The maximum Gasteiger partial charge on any atom is 0.126 e. The van der Waals surface area contributed by atoms with Gasteiger partial charge in [0.15, 0.2) is 0 Å². The lowest BCUT2D eigenvalue weighted by atomic mass is 10.2. The number of allylic oxidation sites excluding steroid dienone is 1. The molecule has 0 unspecified atom stereocenters. The van der Waals surface area contributed by atoms with Gasteiger partial charge in [0.1, 0.15) is 5.76 Å². The molecule has 3 rings (SSSR count). The van der Waals surface area contributed by atoms with Gasteiger partial charge in [0.25, 0.3) is 0 Å². The first-order chi connectivity index (χ1) is 11.7. The lowest BCUT2D eigenvalue weighted by Crippen LogP contribution is -2.43. The van der Waals surface area contributed by atoms with Gasteiger partial charge in [0.2, 0.25) is 0 Å². The van der Waals surface area contributed by atoms with E-state index in [9.17, 15) is 0 Å². The molecule has 0 atom stereocenters. The highest BCUT2D eigenvalue weighted by Crippen LogP contribution is 2.18. The third kappa shape index (κ3) is 4.73. The Morgan fingerprint density at radius 3 is 2.67 bits per heavy atom. The predicted molar refractivity (Wildman–Crippen MR) is 99.2 cm³/mol. The number of halogens is 1. The monoisotopic (exact) mass is 343 g/mol. The number of piperazine rings is 1. The highest BCUT2D eigenvalue weighted by Gasteiger charge is 2.16. The van der Waals surface area contributed by atoms with Crippen molar-refractivity contribution in [2.24, 2.45) is 5.10 Å². The lowest BCUT2D eigenvalue weighted by molar-refractivity contribution is 0.131. The Morgan fingerprint density at radius 1 is 1.17 bits per heavy atom. The molecule has 4 nitrogen and oxygen atoms in total. The zero-order valence-corrected chi connectivity index (χ0v) is 14.6. The summed E-state index contributed by atoms with van der Waals surface area (Å²) in [7, 11) is 0. The zero-order chi connectivity index (χ0) is 16.8. The fourth-order valence-electron chi connectivity index (χ4n) is 2.69. The summed E-state index contributed by atoms with van der Waals surface area (Å²) in [5.41, 5.74) is 2.26. The molecule has 0 aliphatic carbocycles. The normalized spacial score (nSPS) is 16.9. The van der Waals surface area contributed by atoms with E-state index < -0.39 is 0 Å². The molecule has 1 aromatic heterocycles. The number of rotatable bonds is 5. The molecule has 1 fully saturated rings. The van der Waals surface area contributed by atoms with Crippen molar-refractivity contribution in [3.63, 3.8) is 0 Å². The van der Waals surface area contributed by atoms with Crippen LogP contribution >= 0.6 is 11.6 Å². The third-order valence-corrected chi connectivity index (χ3v) is 4.41. The Balaban J connectivity index is 1.48. The Kier molecular flexibility index (Phi) is 5.72. The number of hydrogen-bond acceptors (Lipinski definition) is 4. The van der Waals surface area contributed by atoms with Gasteiger partial charge in [-0.15, -0.1) is 0 Å². The van der Waals surface area contributed by atoms with E-state index in [0.717, 1.165) is 49.1 Å². The Hall–Kier alpha value is -2.04. The van der Waals surface area contributed by atoms with Crippen molar-refractivity contribution in [3.05, 3.63) is 64.6 Å². The summed E-state index contributed by atoms with van der Waals surface area (Å²) in [6, 6.07) is 11.9. The first-order valence-electron chi connectivity index (χ1n) is 8.17. The van der Waals surface area contributed by atoms with Crippen LogP contribution < -0.4 is 0 Å². The SMILES string of the molecule is CC(C=NN1CCN(Cc2ccccc2Cl)CC1)=Cc1ccco1. The van der Waals surface area contributed by atoms with Crippen LogP contribution in [0.25, 0.3) is 6.08 Å². The average Bonchev–Trinajstić information content (AvgIpc) is 3.09. The van der Waals surface area contributed by atoms with Crippen molar-refractivity contribution < 1.29 is 4.42 Å². The van der Waals surface area contributed by atoms with Crippen LogP contribution in [0.3, 0.4) is 0 Å². The topological polar surface area (TPSA) is 32.0 Å². The fourth-order valence-corrected chi connectivity index (χ4v) is 2.88. The number of benzene rings is 1. The molecular formula is C19H22ClN3O. The maximum atomic E-state index is 6.24. The lowest BCUT2D eigenvalue weighted by Gasteiger charge is -2.33. The second-order valence-corrected chi connectivity index (χ2v) is 6.38. The van der Waals surface area contributed by atoms with Crippen LogP contribution in [0.4, 0.5) is 0 Å². The number of nitrogens with zero attached hydrogens (tertiary/aromatic N) is 3. The molecule has 1 aliphatic heterocycles. The van der Waals surface area contributed by atoms with Crippen LogP contribution in [0.2, 0.25) is 5.02 Å². The molecule has 0 spiro atoms. The summed E-state index contributed by atoms with van der Waals surface area (Å²) < 4.78 is 5.31. The minimum absolute atomic E-state index is 0.844. The van der Waals surface area contributed by atoms with E-state index in [0.29, 0.717) is 0 Å². The molecule has 2 heterocycles. The fraction of sp³-hybridized carbons (Fsp3) is 0.316. The van der Waals surface area contributed by atoms with Gasteiger partial charge in [-0.25, -0.2) is 0 Å². The van der Waals surface area contributed by atoms with Crippen molar-refractivity contribution in [3.8, 4) is 0 Å². The van der Waals surface area contributed by atoms with E-state index in [1.165, 1.54) is 5.56 Å². The van der Waals surface area contributed by atoms with Crippen LogP contribution in [0.5, 0.6) is 0 Å². The average molecular weight is 344 g/mol. The van der Waals surface area contributed by atoms with Crippen LogP contribution in [-0.4, -0.2) is 42.3 Å². The quantitative estimate of drug-likeness (QED) is 0.765. The summed E-state index contributed by atoms with van der Waals surface area (Å²) in [5.74, 6) is 0.850. The molecule has 1 saturated heterocycles. The van der Waals surface area contributed by atoms with Gasteiger partial charge in [-0.05, 0) is 42.3 Å². The Labute approximate surface area is 148 Å². The van der Waals surface area contributed by atoms with Gasteiger partial charge in [-0.2, -0.15) is 5.10 Å². The van der Waals surface area contributed by atoms with Gasteiger partial charge in [-0.3, -0.25) is 9.91 Å². The van der Waals surface area contributed by atoms with Crippen LogP contribution in [-0.2, 0) is 6.54 Å². The van der Waals surface area contributed by atoms with Crippen LogP contribution in [0, 0.1) is 0 Å². The van der Waals surface area contributed by atoms with Crippen molar-refractivity contribution in [1.29, 1.82) is 0 Å². The summed E-state index contributed by atoms with van der Waals surface area (Å²) in [6.45, 7) is 6.76. The first-order valence-corrected chi connectivity index (χ1v) is 8.55. The third-order valence-electron chi connectivity index (χ3n) is 4.04. The second kappa shape index (κ2) is 8.18. The van der Waals surface area contributed by atoms with E-state index in [2.05, 4.69) is 21.1 Å². The number of hydrogen-bond donors (Lipinski definition) is 0. The summed E-state index contributed by atoms with van der Waals surface area (Å²) in [4.78, 5) is 2.42. The number of furan rings is 1. The smallest absolute Gasteiger partial charge is 0.126 e. The zero-order valence-electron chi connectivity index (χ0n) is 13.9. The largest absolute Gasteiger partial charge is 0.465 e. The Morgan fingerprint density at radius 2 is 1.96 bits per heavy atom. The molecule has 0 saturated carbocycles.